The maximum atomic E-state index is 15.0. The number of amides is 5. The second-order valence-electron chi connectivity index (χ2n) is 20.8. The van der Waals surface area contributed by atoms with Crippen LogP contribution in [-0.2, 0) is 48.5 Å². The van der Waals surface area contributed by atoms with Gasteiger partial charge in [-0.05, 0) is 111 Å². The van der Waals surface area contributed by atoms with E-state index < -0.39 is 124 Å². The third-order valence-electron chi connectivity index (χ3n) is 11.0. The number of alkyl carbamates (subject to hydrolysis) is 1. The van der Waals surface area contributed by atoms with Gasteiger partial charge in [-0.2, -0.15) is 0 Å². The van der Waals surface area contributed by atoms with Crippen LogP contribution in [0.15, 0.2) is 109 Å². The van der Waals surface area contributed by atoms with Crippen molar-refractivity contribution in [2.45, 2.75) is 141 Å². The molecule has 3 atom stereocenters. The summed E-state index contributed by atoms with van der Waals surface area (Å²) in [6.45, 7) is 14.3. The first-order chi connectivity index (χ1) is 35.7. The predicted octanol–water partition coefficient (Wildman–Crippen LogP) is 7.48. The molecule has 0 heterocycles. The number of hydrogen-bond donors (Lipinski definition) is 5. The molecule has 20 heteroatoms. The van der Waals surface area contributed by atoms with Crippen molar-refractivity contribution < 1.29 is 61.8 Å². The van der Waals surface area contributed by atoms with E-state index in [0.29, 0.717) is 6.07 Å². The minimum Gasteiger partial charge on any atom is -0.460 e. The van der Waals surface area contributed by atoms with Crippen LogP contribution in [0.1, 0.15) is 128 Å². The van der Waals surface area contributed by atoms with Crippen molar-refractivity contribution in [3.05, 3.63) is 147 Å². The van der Waals surface area contributed by atoms with E-state index in [4.69, 9.17) is 18.9 Å². The molecule has 0 aliphatic heterocycles. The Morgan fingerprint density at radius 1 is 0.566 bits per heavy atom. The Hall–Kier alpha value is -7.74. The van der Waals surface area contributed by atoms with Gasteiger partial charge >= 0.3 is 18.0 Å². The molecule has 76 heavy (non-hydrogen) atoms. The number of non-ortho nitro benzene ring substituents is 1. The van der Waals surface area contributed by atoms with Crippen molar-refractivity contribution >= 4 is 47.3 Å². The van der Waals surface area contributed by atoms with E-state index in [-0.39, 0.29) is 38.8 Å². The second kappa shape index (κ2) is 27.7. The molecule has 0 aliphatic rings. The average Bonchev–Trinajstić information content (AvgIpc) is 3.34. The van der Waals surface area contributed by atoms with Crippen LogP contribution in [-0.4, -0.2) is 101 Å². The Bertz CT molecular complexity index is 2520. The highest BCUT2D eigenvalue weighted by Gasteiger charge is 2.39. The lowest BCUT2D eigenvalue weighted by molar-refractivity contribution is -0.384. The zero-order chi connectivity index (χ0) is 56.3. The van der Waals surface area contributed by atoms with Crippen LogP contribution in [0.5, 0.6) is 0 Å². The standard InChI is InChI=1S/C56H71FN6O13/c1-53(2,3)74-46(64)31-30-44(60-48(66)41-35-40(63(71)72)28-29-42(41)57)51(69)61-43(27-19-20-33-58-52(70)76-55(7,8)9)50(68)62-45(49(67)59-36-47(65)75-54(4,5)6)32-34-73-56(37-21-13-10-14-22-37,38-23-15-11-16-24-38)39-25-17-12-18-26-39/h10-18,21-26,28-29,35,43-45H,19-20,27,30-34,36H2,1-9H3,(H,58,70)(H,59,67)(H,60,66)(H,61,69)(H,62,68). The van der Waals surface area contributed by atoms with Crippen LogP contribution in [0.3, 0.4) is 0 Å². The molecule has 410 valence electrons. The number of unbranched alkanes of at least 4 members (excludes halogenated alkanes) is 1. The molecule has 4 aromatic carbocycles. The Balaban J connectivity index is 1.72. The maximum Gasteiger partial charge on any atom is 0.407 e. The van der Waals surface area contributed by atoms with Gasteiger partial charge in [-0.25, -0.2) is 9.18 Å². The first-order valence-electron chi connectivity index (χ1n) is 25.0. The largest absolute Gasteiger partial charge is 0.460 e. The molecule has 3 unspecified atom stereocenters. The fraction of sp³-hybridized carbons (Fsp3) is 0.446. The normalized spacial score (nSPS) is 12.9. The van der Waals surface area contributed by atoms with Gasteiger partial charge in [0.25, 0.3) is 11.6 Å². The lowest BCUT2D eigenvalue weighted by atomic mass is 9.80. The van der Waals surface area contributed by atoms with E-state index in [2.05, 4.69) is 26.6 Å². The third kappa shape index (κ3) is 19.8. The highest BCUT2D eigenvalue weighted by molar-refractivity contribution is 5.99. The first-order valence-corrected chi connectivity index (χ1v) is 25.0. The summed E-state index contributed by atoms with van der Waals surface area (Å²) in [5, 5.41) is 24.4. The van der Waals surface area contributed by atoms with Crippen LogP contribution in [0, 0.1) is 15.9 Å². The monoisotopic (exact) mass is 1050 g/mol. The minimum atomic E-state index is -1.66. The molecule has 0 bridgehead atoms. The molecule has 0 aliphatic carbocycles. The van der Waals surface area contributed by atoms with E-state index in [9.17, 15) is 43.7 Å². The molecule has 4 rings (SSSR count). The molecule has 0 spiro atoms. The molecule has 0 radical (unpaired) electrons. The highest BCUT2D eigenvalue weighted by Crippen LogP contribution is 2.40. The van der Waals surface area contributed by atoms with E-state index in [1.807, 2.05) is 91.0 Å². The van der Waals surface area contributed by atoms with Gasteiger partial charge in [-0.3, -0.25) is 38.9 Å². The number of esters is 2. The molecule has 5 N–H and O–H groups in total. The summed E-state index contributed by atoms with van der Waals surface area (Å²) in [5.41, 5.74) is -2.94. The van der Waals surface area contributed by atoms with Crippen LogP contribution in [0.2, 0.25) is 0 Å². The highest BCUT2D eigenvalue weighted by atomic mass is 19.1. The Morgan fingerprint density at radius 2 is 1.04 bits per heavy atom. The lowest BCUT2D eigenvalue weighted by Crippen LogP contribution is -2.57. The molecular weight excluding hydrogens is 984 g/mol. The summed E-state index contributed by atoms with van der Waals surface area (Å²) in [6.07, 6.45) is -1.44. The first kappa shape index (κ1) is 60.8. The number of halogens is 1. The molecule has 4 aromatic rings. The molecule has 0 aromatic heterocycles. The zero-order valence-corrected chi connectivity index (χ0v) is 44.6. The number of ether oxygens (including phenoxy) is 4. The zero-order valence-electron chi connectivity index (χ0n) is 44.6. The van der Waals surface area contributed by atoms with Gasteiger partial charge in [0.1, 0.15) is 52.9 Å². The lowest BCUT2D eigenvalue weighted by Gasteiger charge is -2.36. The van der Waals surface area contributed by atoms with Crippen LogP contribution >= 0.6 is 0 Å². The number of nitro groups is 1. The average molecular weight is 1060 g/mol. The number of carbonyl (C=O) groups excluding carboxylic acids is 7. The SMILES string of the molecule is CC(C)(C)OC(=O)CCC(NC(=O)c1cc([N+](=O)[O-])ccc1F)C(=O)NC(CCCCNC(=O)OC(C)(C)C)C(=O)NC(CCOC(c1ccccc1)(c1ccccc1)c1ccccc1)C(=O)NCC(=O)OC(C)(C)C. The minimum absolute atomic E-state index is 0.0968. The molecule has 5 amide bonds. The van der Waals surface area contributed by atoms with Crippen molar-refractivity contribution in [1.82, 2.24) is 26.6 Å². The van der Waals surface area contributed by atoms with E-state index in [0.717, 1.165) is 28.8 Å². The molecule has 19 nitrogen and oxygen atoms in total. The van der Waals surface area contributed by atoms with Crippen molar-refractivity contribution in [3.63, 3.8) is 0 Å². The van der Waals surface area contributed by atoms with Crippen LogP contribution < -0.4 is 26.6 Å². The summed E-state index contributed by atoms with van der Waals surface area (Å²) in [7, 11) is 0. The van der Waals surface area contributed by atoms with Crippen molar-refractivity contribution in [2.24, 2.45) is 0 Å². The van der Waals surface area contributed by atoms with Crippen molar-refractivity contribution in [2.75, 3.05) is 19.7 Å². The number of benzene rings is 4. The van der Waals surface area contributed by atoms with Gasteiger partial charge in [0.15, 0.2) is 0 Å². The van der Waals surface area contributed by atoms with Gasteiger partial charge in [-0.1, -0.05) is 91.0 Å². The van der Waals surface area contributed by atoms with Crippen molar-refractivity contribution in [1.29, 1.82) is 0 Å². The predicted molar refractivity (Wildman–Crippen MR) is 280 cm³/mol. The number of nitrogens with zero attached hydrogens (tertiary/aromatic N) is 1. The summed E-state index contributed by atoms with van der Waals surface area (Å²) in [5.74, 6) is -6.62. The Morgan fingerprint density at radius 3 is 1.53 bits per heavy atom. The number of rotatable bonds is 25. The van der Waals surface area contributed by atoms with Gasteiger partial charge in [0, 0.05) is 31.5 Å². The van der Waals surface area contributed by atoms with E-state index >= 15 is 4.39 Å². The summed E-state index contributed by atoms with van der Waals surface area (Å²) in [6, 6.07) is 26.0. The summed E-state index contributed by atoms with van der Waals surface area (Å²) >= 11 is 0. The van der Waals surface area contributed by atoms with Gasteiger partial charge in [0.05, 0.1) is 17.1 Å². The smallest absolute Gasteiger partial charge is 0.407 e. The summed E-state index contributed by atoms with van der Waals surface area (Å²) in [4.78, 5) is 106. The van der Waals surface area contributed by atoms with Gasteiger partial charge in [0.2, 0.25) is 17.7 Å². The Labute approximate surface area is 442 Å². The quantitative estimate of drug-likeness (QED) is 0.0108. The molecule has 0 fully saturated rings. The topological polar surface area (TPSA) is 260 Å². The molecule has 0 saturated heterocycles. The third-order valence-corrected chi connectivity index (χ3v) is 11.0. The molecule has 0 saturated carbocycles. The maximum absolute atomic E-state index is 15.0. The Kier molecular flexibility index (Phi) is 22.2. The number of nitro benzene ring substituents is 1. The summed E-state index contributed by atoms with van der Waals surface area (Å²) < 4.78 is 38.1. The fourth-order valence-corrected chi connectivity index (χ4v) is 7.78. The second-order valence-corrected chi connectivity index (χ2v) is 20.8. The van der Waals surface area contributed by atoms with E-state index in [1.54, 1.807) is 62.3 Å². The number of carbonyl (C=O) groups is 7. The fourth-order valence-electron chi connectivity index (χ4n) is 7.78. The van der Waals surface area contributed by atoms with Crippen LogP contribution in [0.4, 0.5) is 14.9 Å². The van der Waals surface area contributed by atoms with E-state index in [1.165, 1.54) is 0 Å². The number of hydrogen-bond acceptors (Lipinski definition) is 13. The van der Waals surface area contributed by atoms with Gasteiger partial charge < -0.3 is 45.5 Å². The number of nitrogens with one attached hydrogen (secondary N) is 5. The molecular formula is C56H71FN6O13. The van der Waals surface area contributed by atoms with Crippen molar-refractivity contribution in [3.8, 4) is 0 Å². The van der Waals surface area contributed by atoms with Crippen LogP contribution in [0.25, 0.3) is 0 Å². The van der Waals surface area contributed by atoms with Gasteiger partial charge in [-0.15, -0.1) is 0 Å².